The average molecular weight is 356 g/mol. The Hall–Kier alpha value is -2.54. The van der Waals surface area contributed by atoms with Gasteiger partial charge in [-0.3, -0.25) is 9.69 Å². The highest BCUT2D eigenvalue weighted by atomic mass is 16.7. The molecule has 1 aromatic carbocycles. The van der Waals surface area contributed by atoms with Crippen molar-refractivity contribution >= 4 is 5.91 Å². The van der Waals surface area contributed by atoms with Crippen molar-refractivity contribution in [3.8, 4) is 11.5 Å². The number of aromatic nitrogens is 2. The summed E-state index contributed by atoms with van der Waals surface area (Å²) < 4.78 is 12.9. The second-order valence-corrected chi connectivity index (χ2v) is 6.75. The predicted octanol–water partition coefficient (Wildman–Crippen LogP) is 1.87. The normalized spacial score (nSPS) is 17.1. The van der Waals surface area contributed by atoms with Crippen molar-refractivity contribution < 1.29 is 14.3 Å². The molecule has 2 aliphatic rings. The molecule has 0 atom stereocenters. The summed E-state index contributed by atoms with van der Waals surface area (Å²) >= 11 is 0. The molecule has 3 heterocycles. The molecule has 0 spiro atoms. The van der Waals surface area contributed by atoms with E-state index in [0.29, 0.717) is 13.1 Å². The van der Waals surface area contributed by atoms with Crippen LogP contribution in [-0.2, 0) is 24.4 Å². The van der Waals surface area contributed by atoms with Crippen LogP contribution in [0.4, 0.5) is 0 Å². The molecule has 0 saturated carbocycles. The van der Waals surface area contributed by atoms with Gasteiger partial charge in [-0.2, -0.15) is 0 Å². The van der Waals surface area contributed by atoms with E-state index in [-0.39, 0.29) is 12.7 Å². The highest BCUT2D eigenvalue weighted by molar-refractivity contribution is 5.79. The molecule has 1 saturated heterocycles. The van der Waals surface area contributed by atoms with E-state index in [4.69, 9.17) is 9.47 Å². The molecule has 7 heteroatoms. The van der Waals surface area contributed by atoms with Crippen LogP contribution in [0.3, 0.4) is 0 Å². The maximum Gasteiger partial charge on any atom is 0.237 e. The van der Waals surface area contributed by atoms with Crippen LogP contribution in [0, 0.1) is 0 Å². The number of hydrogen-bond acceptors (Lipinski definition) is 5. The number of ether oxygens (including phenoxy) is 2. The van der Waals surface area contributed by atoms with Gasteiger partial charge in [-0.05, 0) is 24.1 Å². The molecule has 2 aliphatic heterocycles. The Morgan fingerprint density at radius 1 is 1.15 bits per heavy atom. The van der Waals surface area contributed by atoms with Crippen LogP contribution < -0.4 is 9.47 Å². The van der Waals surface area contributed by atoms with Crippen LogP contribution in [0.1, 0.15) is 24.7 Å². The molecular weight excluding hydrogens is 332 g/mol. The van der Waals surface area contributed by atoms with Crippen LogP contribution in [-0.4, -0.2) is 51.7 Å². The summed E-state index contributed by atoms with van der Waals surface area (Å²) in [5.41, 5.74) is 1.06. The highest BCUT2D eigenvalue weighted by Crippen LogP contribution is 2.32. The zero-order valence-corrected chi connectivity index (χ0v) is 15.1. The van der Waals surface area contributed by atoms with E-state index in [1.807, 2.05) is 35.5 Å². The van der Waals surface area contributed by atoms with Gasteiger partial charge >= 0.3 is 0 Å². The number of imidazole rings is 1. The lowest BCUT2D eigenvalue weighted by Gasteiger charge is -2.34. The zero-order valence-electron chi connectivity index (χ0n) is 15.1. The number of nitrogens with zero attached hydrogens (tertiary/aromatic N) is 4. The van der Waals surface area contributed by atoms with E-state index in [0.717, 1.165) is 55.5 Å². The second-order valence-electron chi connectivity index (χ2n) is 6.75. The van der Waals surface area contributed by atoms with Gasteiger partial charge in [0.1, 0.15) is 5.82 Å². The first-order valence-corrected chi connectivity index (χ1v) is 9.11. The maximum atomic E-state index is 12.6. The standard InChI is InChI=1S/C19H24N4O3/c1-2-6-22-7-5-20-18(22)12-21-8-9-23(19(24)13-21)11-15-3-4-16-17(10-15)26-14-25-16/h3-5,7,10H,2,6,8-9,11-14H2,1H3. The lowest BCUT2D eigenvalue weighted by molar-refractivity contribution is -0.136. The fourth-order valence-corrected chi connectivity index (χ4v) is 3.46. The van der Waals surface area contributed by atoms with Gasteiger partial charge in [0, 0.05) is 38.6 Å². The topological polar surface area (TPSA) is 59.8 Å². The monoisotopic (exact) mass is 356 g/mol. The molecule has 138 valence electrons. The van der Waals surface area contributed by atoms with Gasteiger partial charge in [-0.15, -0.1) is 0 Å². The van der Waals surface area contributed by atoms with E-state index >= 15 is 0 Å². The molecule has 0 N–H and O–H groups in total. The average Bonchev–Trinajstić information content (AvgIpc) is 3.27. The van der Waals surface area contributed by atoms with Crippen LogP contribution in [0.2, 0.25) is 0 Å². The summed E-state index contributed by atoms with van der Waals surface area (Å²) in [6.07, 6.45) is 4.92. The SMILES string of the molecule is CCCn1ccnc1CN1CCN(Cc2ccc3c(c2)OCO3)C(=O)C1. The van der Waals surface area contributed by atoms with Crippen molar-refractivity contribution in [3.63, 3.8) is 0 Å². The summed E-state index contributed by atoms with van der Waals surface area (Å²) in [6, 6.07) is 5.87. The van der Waals surface area contributed by atoms with Gasteiger partial charge in [0.05, 0.1) is 13.1 Å². The molecule has 0 radical (unpaired) electrons. The Bertz CT molecular complexity index is 789. The zero-order chi connectivity index (χ0) is 17.9. The molecule has 4 rings (SSSR count). The minimum atomic E-state index is 0.155. The summed E-state index contributed by atoms with van der Waals surface area (Å²) in [4.78, 5) is 21.1. The summed E-state index contributed by atoms with van der Waals surface area (Å²) in [6.45, 7) is 6.73. The molecule has 0 unspecified atom stereocenters. The van der Waals surface area contributed by atoms with Gasteiger partial charge in [0.2, 0.25) is 12.7 Å². The number of fused-ring (bicyclic) bond motifs is 1. The highest BCUT2D eigenvalue weighted by Gasteiger charge is 2.25. The summed E-state index contributed by atoms with van der Waals surface area (Å²) in [7, 11) is 0. The van der Waals surface area contributed by atoms with Crippen molar-refractivity contribution in [2.45, 2.75) is 33.0 Å². The van der Waals surface area contributed by atoms with Crippen LogP contribution in [0.15, 0.2) is 30.6 Å². The van der Waals surface area contributed by atoms with Crippen molar-refractivity contribution in [3.05, 3.63) is 42.0 Å². The quantitative estimate of drug-likeness (QED) is 0.791. The van der Waals surface area contributed by atoms with Gasteiger partial charge in [0.15, 0.2) is 11.5 Å². The first kappa shape index (κ1) is 16.9. The molecule has 0 aliphatic carbocycles. The van der Waals surface area contributed by atoms with E-state index in [1.165, 1.54) is 0 Å². The third-order valence-electron chi connectivity index (χ3n) is 4.84. The molecule has 1 aromatic heterocycles. The lowest BCUT2D eigenvalue weighted by Crippen LogP contribution is -2.49. The molecule has 1 fully saturated rings. The van der Waals surface area contributed by atoms with Crippen molar-refractivity contribution in [2.24, 2.45) is 0 Å². The molecular formula is C19H24N4O3. The second kappa shape index (κ2) is 7.37. The fourth-order valence-electron chi connectivity index (χ4n) is 3.46. The first-order valence-electron chi connectivity index (χ1n) is 9.11. The Balaban J connectivity index is 1.35. The van der Waals surface area contributed by atoms with Crippen LogP contribution >= 0.6 is 0 Å². The lowest BCUT2D eigenvalue weighted by atomic mass is 10.1. The molecule has 1 amide bonds. The van der Waals surface area contributed by atoms with Crippen molar-refractivity contribution in [2.75, 3.05) is 26.4 Å². The third kappa shape index (κ3) is 3.53. The van der Waals surface area contributed by atoms with Gasteiger partial charge < -0.3 is 18.9 Å². The van der Waals surface area contributed by atoms with Crippen molar-refractivity contribution in [1.29, 1.82) is 0 Å². The number of hydrogen-bond donors (Lipinski definition) is 0. The maximum absolute atomic E-state index is 12.6. The molecule has 26 heavy (non-hydrogen) atoms. The van der Waals surface area contributed by atoms with Crippen molar-refractivity contribution in [1.82, 2.24) is 19.4 Å². The van der Waals surface area contributed by atoms with E-state index in [2.05, 4.69) is 21.4 Å². The van der Waals surface area contributed by atoms with Gasteiger partial charge in [-0.1, -0.05) is 13.0 Å². The Morgan fingerprint density at radius 2 is 2.04 bits per heavy atom. The van der Waals surface area contributed by atoms with E-state index < -0.39 is 0 Å². The molecule has 2 aromatic rings. The van der Waals surface area contributed by atoms with Crippen LogP contribution in [0.25, 0.3) is 0 Å². The number of aryl methyl sites for hydroxylation is 1. The predicted molar refractivity (Wildman–Crippen MR) is 95.8 cm³/mol. The number of rotatable bonds is 6. The Labute approximate surface area is 153 Å². The largest absolute Gasteiger partial charge is 0.454 e. The number of benzene rings is 1. The van der Waals surface area contributed by atoms with E-state index in [9.17, 15) is 4.79 Å². The van der Waals surface area contributed by atoms with E-state index in [1.54, 1.807) is 0 Å². The minimum absolute atomic E-state index is 0.155. The molecule has 7 nitrogen and oxygen atoms in total. The number of carbonyl (C=O) groups is 1. The summed E-state index contributed by atoms with van der Waals surface area (Å²) in [5, 5.41) is 0. The number of piperazine rings is 1. The Kier molecular flexibility index (Phi) is 4.79. The van der Waals surface area contributed by atoms with Crippen LogP contribution in [0.5, 0.6) is 11.5 Å². The molecule has 0 bridgehead atoms. The third-order valence-corrected chi connectivity index (χ3v) is 4.84. The smallest absolute Gasteiger partial charge is 0.237 e. The Morgan fingerprint density at radius 3 is 2.88 bits per heavy atom. The first-order chi connectivity index (χ1) is 12.7. The minimum Gasteiger partial charge on any atom is -0.454 e. The number of amides is 1. The summed E-state index contributed by atoms with van der Waals surface area (Å²) in [5.74, 6) is 2.72. The van der Waals surface area contributed by atoms with Gasteiger partial charge in [-0.25, -0.2) is 4.98 Å². The fraction of sp³-hybridized carbons (Fsp3) is 0.474. The number of carbonyl (C=O) groups excluding carboxylic acids is 1. The van der Waals surface area contributed by atoms with Gasteiger partial charge in [0.25, 0.3) is 0 Å².